The topological polar surface area (TPSA) is 132 Å². The Balaban J connectivity index is 4.37. The maximum atomic E-state index is 10.4. The molecule has 0 aromatic carbocycles. The summed E-state index contributed by atoms with van der Waals surface area (Å²) >= 11 is 0. The summed E-state index contributed by atoms with van der Waals surface area (Å²) in [6, 6.07) is 0. The van der Waals surface area contributed by atoms with Crippen LogP contribution in [0.3, 0.4) is 0 Å². The molecule has 0 aromatic heterocycles. The summed E-state index contributed by atoms with van der Waals surface area (Å²) < 4.78 is 0. The summed E-state index contributed by atoms with van der Waals surface area (Å²) in [7, 11) is 0. The molecule has 4 N–H and O–H groups in total. The molecule has 0 rings (SSSR count). The molecule has 0 fully saturated rings. The van der Waals surface area contributed by atoms with Crippen LogP contribution in [0.2, 0.25) is 0 Å². The molecule has 0 aliphatic heterocycles. The van der Waals surface area contributed by atoms with Gasteiger partial charge in [0.05, 0.1) is 5.92 Å². The average Bonchev–Trinajstić information content (AvgIpc) is 2.02. The van der Waals surface area contributed by atoms with E-state index in [1.807, 2.05) is 0 Å². The third kappa shape index (κ3) is 3.85. The molecule has 0 aliphatic rings. The van der Waals surface area contributed by atoms with E-state index in [4.69, 9.17) is 20.4 Å². The van der Waals surface area contributed by atoms with Crippen LogP contribution in [0.1, 0.15) is 12.8 Å². The lowest BCUT2D eigenvalue weighted by molar-refractivity contribution is -0.160. The Morgan fingerprint density at radius 3 is 1.79 bits per heavy atom. The smallest absolute Gasteiger partial charge is 0.333 e. The third-order valence-electron chi connectivity index (χ3n) is 1.62. The van der Waals surface area contributed by atoms with Gasteiger partial charge in [0.25, 0.3) is 0 Å². The fourth-order valence-electron chi connectivity index (χ4n) is 0.867. The molecular formula is C7H10O7. The number of carbonyl (C=O) groups is 3. The number of hydrogen-bond acceptors (Lipinski definition) is 4. The zero-order valence-corrected chi connectivity index (χ0v) is 7.08. The second kappa shape index (κ2) is 5.18. The fraction of sp³-hybridized carbons (Fsp3) is 0.571. The zero-order chi connectivity index (χ0) is 11.3. The quantitative estimate of drug-likeness (QED) is 0.438. The Kier molecular flexibility index (Phi) is 4.57. The summed E-state index contributed by atoms with van der Waals surface area (Å²) in [4.78, 5) is 30.8. The Hall–Kier alpha value is -1.63. The van der Waals surface area contributed by atoms with Crippen molar-refractivity contribution in [3.63, 3.8) is 0 Å². The summed E-state index contributed by atoms with van der Waals surface area (Å²) in [6.07, 6.45) is -2.99. The Morgan fingerprint density at radius 2 is 1.50 bits per heavy atom. The van der Waals surface area contributed by atoms with Gasteiger partial charge in [-0.2, -0.15) is 0 Å². The van der Waals surface area contributed by atoms with Crippen molar-refractivity contribution in [3.05, 3.63) is 0 Å². The number of hydrogen-bond donors (Lipinski definition) is 4. The normalized spacial score (nSPS) is 14.4. The first kappa shape index (κ1) is 12.4. The van der Waals surface area contributed by atoms with Gasteiger partial charge in [0.1, 0.15) is 0 Å². The minimum atomic E-state index is -2.08. The number of aliphatic hydroxyl groups excluding tert-OH is 1. The minimum absolute atomic E-state index is 0.419. The fourth-order valence-corrected chi connectivity index (χ4v) is 0.867. The lowest BCUT2D eigenvalue weighted by Crippen LogP contribution is -2.35. The van der Waals surface area contributed by atoms with Crippen molar-refractivity contribution in [1.82, 2.24) is 0 Å². The monoisotopic (exact) mass is 206 g/mol. The van der Waals surface area contributed by atoms with E-state index in [9.17, 15) is 14.4 Å². The molecule has 0 heterocycles. The molecule has 7 heteroatoms. The van der Waals surface area contributed by atoms with Crippen LogP contribution in [-0.4, -0.2) is 44.4 Å². The molecule has 0 bridgehead atoms. The van der Waals surface area contributed by atoms with E-state index >= 15 is 0 Å². The molecule has 80 valence electrons. The second-order valence-corrected chi connectivity index (χ2v) is 2.66. The van der Waals surface area contributed by atoms with Crippen molar-refractivity contribution < 1.29 is 34.8 Å². The van der Waals surface area contributed by atoms with Gasteiger partial charge in [-0.25, -0.2) is 4.79 Å². The van der Waals surface area contributed by atoms with Crippen LogP contribution >= 0.6 is 0 Å². The molecule has 0 spiro atoms. The first-order valence-corrected chi connectivity index (χ1v) is 3.71. The zero-order valence-electron chi connectivity index (χ0n) is 7.08. The van der Waals surface area contributed by atoms with Gasteiger partial charge in [-0.15, -0.1) is 0 Å². The number of carboxylic acids is 3. The molecule has 14 heavy (non-hydrogen) atoms. The van der Waals surface area contributed by atoms with Crippen LogP contribution in [0.5, 0.6) is 0 Å². The van der Waals surface area contributed by atoms with Gasteiger partial charge >= 0.3 is 17.9 Å². The second-order valence-electron chi connectivity index (χ2n) is 2.66. The van der Waals surface area contributed by atoms with Crippen molar-refractivity contribution in [2.45, 2.75) is 18.9 Å². The largest absolute Gasteiger partial charge is 0.481 e. The molecule has 0 saturated carbocycles. The van der Waals surface area contributed by atoms with E-state index in [0.717, 1.165) is 0 Å². The van der Waals surface area contributed by atoms with Crippen LogP contribution in [0.25, 0.3) is 0 Å². The highest BCUT2D eigenvalue weighted by Crippen LogP contribution is 2.12. The highest BCUT2D eigenvalue weighted by atomic mass is 16.4. The van der Waals surface area contributed by atoms with Crippen LogP contribution in [-0.2, 0) is 14.4 Å². The highest BCUT2D eigenvalue weighted by molar-refractivity contribution is 5.82. The molecule has 0 aliphatic carbocycles. The highest BCUT2D eigenvalue weighted by Gasteiger charge is 2.32. The van der Waals surface area contributed by atoms with Crippen LogP contribution in [0.4, 0.5) is 0 Å². The van der Waals surface area contributed by atoms with Crippen molar-refractivity contribution in [2.24, 2.45) is 5.92 Å². The van der Waals surface area contributed by atoms with Gasteiger partial charge in [-0.3, -0.25) is 9.59 Å². The van der Waals surface area contributed by atoms with Crippen molar-refractivity contribution in [3.8, 4) is 0 Å². The van der Waals surface area contributed by atoms with Gasteiger partial charge in [0.2, 0.25) is 0 Å². The maximum absolute atomic E-state index is 10.4. The Bertz CT molecular complexity index is 246. The first-order valence-electron chi connectivity index (χ1n) is 3.71. The SMILES string of the molecule is O=C(O)CC[C@@H](C(=O)O)[C@H](O)C(=O)O. The molecule has 0 unspecified atom stereocenters. The van der Waals surface area contributed by atoms with Gasteiger partial charge < -0.3 is 20.4 Å². The van der Waals surface area contributed by atoms with E-state index in [1.54, 1.807) is 0 Å². The minimum Gasteiger partial charge on any atom is -0.481 e. The number of aliphatic carboxylic acids is 3. The van der Waals surface area contributed by atoms with E-state index in [-0.39, 0.29) is 0 Å². The summed E-state index contributed by atoms with van der Waals surface area (Å²) in [5.74, 6) is -6.04. The van der Waals surface area contributed by atoms with Crippen molar-refractivity contribution in [2.75, 3.05) is 0 Å². The standard InChI is InChI=1S/C7H10O7/c8-4(9)2-1-3(6(11)12)5(10)7(13)14/h3,5,10H,1-2H2,(H,8,9)(H,11,12)(H,13,14)/t3-,5+/m1/s1. The maximum Gasteiger partial charge on any atom is 0.333 e. The van der Waals surface area contributed by atoms with Crippen molar-refractivity contribution in [1.29, 1.82) is 0 Å². The molecule has 0 saturated heterocycles. The average molecular weight is 206 g/mol. The van der Waals surface area contributed by atoms with Crippen molar-refractivity contribution >= 4 is 17.9 Å². The molecule has 0 amide bonds. The van der Waals surface area contributed by atoms with Crippen LogP contribution < -0.4 is 0 Å². The first-order chi connectivity index (χ1) is 6.36. The predicted octanol–water partition coefficient (Wildman–Crippen LogP) is -1.00. The Labute approximate surface area is 78.6 Å². The van der Waals surface area contributed by atoms with E-state index < -0.39 is 42.8 Å². The number of aliphatic hydroxyl groups is 1. The lowest BCUT2D eigenvalue weighted by Gasteiger charge is -2.13. The van der Waals surface area contributed by atoms with Gasteiger partial charge in [0.15, 0.2) is 6.10 Å². The summed E-state index contributed by atoms with van der Waals surface area (Å²) in [6.45, 7) is 0. The van der Waals surface area contributed by atoms with Gasteiger partial charge in [0, 0.05) is 6.42 Å². The third-order valence-corrected chi connectivity index (χ3v) is 1.62. The molecule has 7 nitrogen and oxygen atoms in total. The molecule has 0 radical (unpaired) electrons. The molecular weight excluding hydrogens is 196 g/mol. The van der Waals surface area contributed by atoms with E-state index in [2.05, 4.69) is 0 Å². The lowest BCUT2D eigenvalue weighted by atomic mass is 9.97. The molecule has 0 aromatic rings. The number of carboxylic acid groups (broad SMARTS) is 3. The summed E-state index contributed by atoms with van der Waals surface area (Å²) in [5, 5.41) is 33.9. The number of rotatable bonds is 6. The van der Waals surface area contributed by atoms with E-state index in [1.165, 1.54) is 0 Å². The molecule has 2 atom stereocenters. The predicted molar refractivity (Wildman–Crippen MR) is 41.6 cm³/mol. The Morgan fingerprint density at radius 1 is 1.00 bits per heavy atom. The van der Waals surface area contributed by atoms with E-state index in [0.29, 0.717) is 0 Å². The van der Waals surface area contributed by atoms with Crippen LogP contribution in [0, 0.1) is 5.92 Å². The summed E-state index contributed by atoms with van der Waals surface area (Å²) in [5.41, 5.74) is 0. The van der Waals surface area contributed by atoms with Gasteiger partial charge in [-0.1, -0.05) is 0 Å². The van der Waals surface area contributed by atoms with Gasteiger partial charge in [-0.05, 0) is 6.42 Å². The van der Waals surface area contributed by atoms with Crippen LogP contribution in [0.15, 0.2) is 0 Å².